The Bertz CT molecular complexity index is 945. The number of hydrogen-bond acceptors (Lipinski definition) is 9. The predicted molar refractivity (Wildman–Crippen MR) is 88.1 cm³/mol. The fourth-order valence-electron chi connectivity index (χ4n) is 3.21. The molecule has 0 amide bonds. The summed E-state index contributed by atoms with van der Waals surface area (Å²) in [5, 5.41) is 0. The van der Waals surface area contributed by atoms with Gasteiger partial charge in [0.25, 0.3) is 6.43 Å². The Balaban J connectivity index is 1.73. The number of nitrogens with two attached hydrogens (primary N) is 1. The molecule has 0 radical (unpaired) electrons. The first-order chi connectivity index (χ1) is 13.2. The normalized spacial score (nSPS) is 35.8. The standard InChI is InChI=1S/C14H17F3N5O5P/c1-6(2)26-28(23)24-3-14(13(16)17)9(27-28)7(15)12(25-14)22-5-21-8-10(18)19-4-20-11(8)22/h4-7,9,12-13H,3H2,1-2H3,(H2,18,19,20)/t7-,9+,12-,14-,28?/m1/s1. The molecule has 2 aromatic heterocycles. The first kappa shape index (κ1) is 19.5. The topological polar surface area (TPSA) is 124 Å². The van der Waals surface area contributed by atoms with Crippen LogP contribution in [0.3, 0.4) is 0 Å². The highest BCUT2D eigenvalue weighted by atomic mass is 31.2. The van der Waals surface area contributed by atoms with E-state index in [4.69, 9.17) is 24.0 Å². The SMILES string of the molecule is CC(C)OP1(=O)OC[C@@]2(C(F)F)O[C@@H](n3cnc4c(N)ncnc43)[C@H](F)[C@@H]2O1. The van der Waals surface area contributed by atoms with Gasteiger partial charge in [-0.15, -0.1) is 0 Å². The Morgan fingerprint density at radius 1 is 1.39 bits per heavy atom. The number of anilines is 1. The van der Waals surface area contributed by atoms with Crippen LogP contribution in [0.5, 0.6) is 0 Å². The minimum absolute atomic E-state index is 0.0348. The van der Waals surface area contributed by atoms with Crippen molar-refractivity contribution in [2.45, 2.75) is 50.5 Å². The van der Waals surface area contributed by atoms with Crippen molar-refractivity contribution in [1.82, 2.24) is 19.5 Å². The Labute approximate surface area is 156 Å². The largest absolute Gasteiger partial charge is 0.475 e. The van der Waals surface area contributed by atoms with Crippen molar-refractivity contribution in [3.63, 3.8) is 0 Å². The number of alkyl halides is 3. The van der Waals surface area contributed by atoms with E-state index in [-0.39, 0.29) is 17.0 Å². The molecule has 2 aliphatic rings. The second-order valence-corrected chi connectivity index (χ2v) is 8.27. The van der Waals surface area contributed by atoms with Gasteiger partial charge in [-0.1, -0.05) is 0 Å². The number of hydrogen-bond donors (Lipinski definition) is 1. The third-order valence-electron chi connectivity index (χ3n) is 4.44. The second-order valence-electron chi connectivity index (χ2n) is 6.69. The van der Waals surface area contributed by atoms with Gasteiger partial charge < -0.3 is 10.5 Å². The molecule has 14 heteroatoms. The smallest absolute Gasteiger partial charge is 0.382 e. The lowest BCUT2D eigenvalue weighted by Crippen LogP contribution is -2.55. The van der Waals surface area contributed by atoms with Gasteiger partial charge in [0, 0.05) is 0 Å². The first-order valence-electron chi connectivity index (χ1n) is 8.31. The van der Waals surface area contributed by atoms with Gasteiger partial charge in [-0.3, -0.25) is 18.1 Å². The summed E-state index contributed by atoms with van der Waals surface area (Å²) < 4.78 is 77.2. The minimum atomic E-state index is -4.24. The van der Waals surface area contributed by atoms with Crippen molar-refractivity contribution >= 4 is 24.8 Å². The van der Waals surface area contributed by atoms with Gasteiger partial charge >= 0.3 is 7.82 Å². The number of halogens is 3. The lowest BCUT2D eigenvalue weighted by molar-refractivity contribution is -0.208. The third kappa shape index (κ3) is 2.89. The molecule has 5 atom stereocenters. The van der Waals surface area contributed by atoms with Gasteiger partial charge in [0.1, 0.15) is 17.9 Å². The van der Waals surface area contributed by atoms with Gasteiger partial charge in [0.05, 0.1) is 19.0 Å². The van der Waals surface area contributed by atoms with E-state index >= 15 is 4.39 Å². The van der Waals surface area contributed by atoms with Crippen LogP contribution in [0.1, 0.15) is 20.1 Å². The Morgan fingerprint density at radius 2 is 2.14 bits per heavy atom. The zero-order valence-electron chi connectivity index (χ0n) is 14.7. The van der Waals surface area contributed by atoms with E-state index in [1.165, 1.54) is 0 Å². The molecule has 0 saturated carbocycles. The zero-order chi connectivity index (χ0) is 20.3. The van der Waals surface area contributed by atoms with E-state index in [0.717, 1.165) is 17.2 Å². The molecule has 10 nitrogen and oxygen atoms in total. The van der Waals surface area contributed by atoms with Crippen LogP contribution in [0, 0.1) is 0 Å². The maximum absolute atomic E-state index is 15.3. The van der Waals surface area contributed by atoms with Gasteiger partial charge in [0.2, 0.25) is 0 Å². The number of aromatic nitrogens is 4. The molecule has 0 spiro atoms. The molecule has 2 aromatic rings. The summed E-state index contributed by atoms with van der Waals surface area (Å²) in [5.41, 5.74) is 3.46. The quantitative estimate of drug-likeness (QED) is 0.737. The number of fused-ring (bicyclic) bond motifs is 2. The van der Waals surface area contributed by atoms with Crippen molar-refractivity contribution in [2.24, 2.45) is 0 Å². The van der Waals surface area contributed by atoms with Crippen LogP contribution in [0.2, 0.25) is 0 Å². The van der Waals surface area contributed by atoms with E-state index in [9.17, 15) is 13.3 Å². The van der Waals surface area contributed by atoms with Crippen molar-refractivity contribution in [1.29, 1.82) is 0 Å². The molecule has 2 N–H and O–H groups in total. The summed E-state index contributed by atoms with van der Waals surface area (Å²) in [5.74, 6) is 0.0348. The van der Waals surface area contributed by atoms with Crippen molar-refractivity contribution in [3.05, 3.63) is 12.7 Å². The van der Waals surface area contributed by atoms with E-state index in [1.54, 1.807) is 13.8 Å². The van der Waals surface area contributed by atoms with Gasteiger partial charge in [-0.25, -0.2) is 32.7 Å². The fourth-order valence-corrected chi connectivity index (χ4v) is 4.83. The lowest BCUT2D eigenvalue weighted by Gasteiger charge is -2.39. The highest BCUT2D eigenvalue weighted by Gasteiger charge is 2.68. The van der Waals surface area contributed by atoms with E-state index in [2.05, 4.69) is 15.0 Å². The summed E-state index contributed by atoms with van der Waals surface area (Å²) in [6.45, 7) is 2.22. The van der Waals surface area contributed by atoms with Crippen LogP contribution in [0.4, 0.5) is 19.0 Å². The molecule has 2 aliphatic heterocycles. The number of ether oxygens (including phenoxy) is 1. The average molecular weight is 423 g/mol. The molecule has 0 aliphatic carbocycles. The molecule has 154 valence electrons. The van der Waals surface area contributed by atoms with Crippen molar-refractivity contribution < 1.29 is 36.0 Å². The van der Waals surface area contributed by atoms with Crippen LogP contribution in [0.15, 0.2) is 12.7 Å². The summed E-state index contributed by atoms with van der Waals surface area (Å²) in [6.07, 6.45) is -7.15. The molecule has 0 bridgehead atoms. The number of rotatable bonds is 4. The summed E-state index contributed by atoms with van der Waals surface area (Å²) in [4.78, 5) is 11.7. The van der Waals surface area contributed by atoms with Gasteiger partial charge in [0.15, 0.2) is 29.5 Å². The van der Waals surface area contributed by atoms with Crippen LogP contribution in [-0.4, -0.2) is 56.5 Å². The van der Waals surface area contributed by atoms with E-state index < -0.39 is 51.1 Å². The molecule has 28 heavy (non-hydrogen) atoms. The monoisotopic (exact) mass is 423 g/mol. The zero-order valence-corrected chi connectivity index (χ0v) is 15.6. The van der Waals surface area contributed by atoms with Crippen LogP contribution in [0.25, 0.3) is 11.2 Å². The molecule has 4 heterocycles. The van der Waals surface area contributed by atoms with Gasteiger partial charge in [-0.2, -0.15) is 0 Å². The number of nitrogens with zero attached hydrogens (tertiary/aromatic N) is 4. The lowest BCUT2D eigenvalue weighted by atomic mass is 9.97. The second kappa shape index (κ2) is 6.63. The Hall–Kier alpha value is -1.79. The minimum Gasteiger partial charge on any atom is -0.382 e. The van der Waals surface area contributed by atoms with Gasteiger partial charge in [-0.05, 0) is 13.8 Å². The van der Waals surface area contributed by atoms with Crippen molar-refractivity contribution in [2.75, 3.05) is 12.3 Å². The Kier molecular flexibility index (Phi) is 4.62. The molecule has 2 fully saturated rings. The van der Waals surface area contributed by atoms with Crippen LogP contribution >= 0.6 is 7.82 Å². The highest BCUT2D eigenvalue weighted by Crippen LogP contribution is 2.61. The Morgan fingerprint density at radius 3 is 2.82 bits per heavy atom. The number of phosphoric ester groups is 1. The van der Waals surface area contributed by atoms with Crippen molar-refractivity contribution in [3.8, 4) is 0 Å². The van der Waals surface area contributed by atoms with Crippen LogP contribution in [-0.2, 0) is 22.9 Å². The summed E-state index contributed by atoms with van der Waals surface area (Å²) in [6, 6.07) is 0. The average Bonchev–Trinajstić information content (AvgIpc) is 3.15. The fraction of sp³-hybridized carbons (Fsp3) is 0.643. The third-order valence-corrected chi connectivity index (χ3v) is 6.06. The number of imidazole rings is 1. The maximum atomic E-state index is 15.3. The highest BCUT2D eigenvalue weighted by molar-refractivity contribution is 7.48. The summed E-state index contributed by atoms with van der Waals surface area (Å²) in [7, 11) is -4.24. The predicted octanol–water partition coefficient (Wildman–Crippen LogP) is 2.23. The summed E-state index contributed by atoms with van der Waals surface area (Å²) >= 11 is 0. The molecule has 2 saturated heterocycles. The molecule has 4 rings (SSSR count). The first-order valence-corrected chi connectivity index (χ1v) is 9.77. The molecule has 1 unspecified atom stereocenters. The molecular weight excluding hydrogens is 406 g/mol. The molecular formula is C14H17F3N5O5P. The van der Waals surface area contributed by atoms with E-state index in [1.807, 2.05) is 0 Å². The van der Waals surface area contributed by atoms with E-state index in [0.29, 0.717) is 0 Å². The van der Waals surface area contributed by atoms with Crippen LogP contribution < -0.4 is 5.73 Å². The number of nitrogen functional groups attached to an aromatic ring is 1. The number of phosphoric acid groups is 1. The maximum Gasteiger partial charge on any atom is 0.475 e. The molecule has 0 aromatic carbocycles.